The number of nitrogens with zero attached hydrogens (tertiary/aromatic N) is 2. The van der Waals surface area contributed by atoms with Crippen LogP contribution in [0.1, 0.15) is 0 Å². The molecule has 12 heteroatoms. The van der Waals surface area contributed by atoms with E-state index in [1.54, 1.807) is 0 Å². The van der Waals surface area contributed by atoms with Gasteiger partial charge < -0.3 is 47.4 Å². The van der Waals surface area contributed by atoms with Gasteiger partial charge in [0.25, 0.3) is 0 Å². The van der Waals surface area contributed by atoms with Gasteiger partial charge in [0.05, 0.1) is 132 Å². The van der Waals surface area contributed by atoms with E-state index in [2.05, 4.69) is 9.80 Å². The first kappa shape index (κ1) is 33.7. The zero-order valence-electron chi connectivity index (χ0n) is 23.4. The maximum absolute atomic E-state index is 5.81. The monoisotopic (exact) mass is 552 g/mol. The van der Waals surface area contributed by atoms with Gasteiger partial charge in [-0.15, -0.1) is 0 Å². The molecule has 0 bridgehead atoms. The topological polar surface area (TPSA) is 98.8 Å². The van der Waals surface area contributed by atoms with Gasteiger partial charge in [0, 0.05) is 39.3 Å². The minimum Gasteiger partial charge on any atom is -0.378 e. The summed E-state index contributed by atoms with van der Waals surface area (Å²) in [6, 6.07) is 0. The molecule has 2 heterocycles. The number of rotatable bonds is 9. The van der Waals surface area contributed by atoms with Crippen LogP contribution < -0.4 is 0 Å². The van der Waals surface area contributed by atoms with Crippen molar-refractivity contribution in [3.63, 3.8) is 0 Å². The summed E-state index contributed by atoms with van der Waals surface area (Å²) >= 11 is 0. The lowest BCUT2D eigenvalue weighted by Gasteiger charge is -2.23. The highest BCUT2D eigenvalue weighted by Gasteiger charge is 2.08. The van der Waals surface area contributed by atoms with Crippen LogP contribution >= 0.6 is 0 Å². The van der Waals surface area contributed by atoms with Crippen molar-refractivity contribution < 1.29 is 47.4 Å². The Labute approximate surface area is 229 Å². The predicted octanol–water partition coefficient (Wildman–Crippen LogP) is -0.216. The van der Waals surface area contributed by atoms with Crippen molar-refractivity contribution >= 4 is 0 Å². The third-order valence-electron chi connectivity index (χ3n) is 5.92. The fraction of sp³-hybridized carbons (Fsp3) is 1.00. The standard InChI is InChI=1S/C26H52N2O10/c1(27-3-9-31-15-19-35-23-24-36-20-16-32-10-4-27)7-29-13-14-30-8-2-28-5-11-33-17-21-37-25-26-38-22-18-34-12-6-28/h1-26H2. The Morgan fingerprint density at radius 3 is 0.816 bits per heavy atom. The van der Waals surface area contributed by atoms with Crippen molar-refractivity contribution in [2.24, 2.45) is 0 Å². The zero-order valence-corrected chi connectivity index (χ0v) is 23.4. The largest absolute Gasteiger partial charge is 0.378 e. The summed E-state index contributed by atoms with van der Waals surface area (Å²) in [6.45, 7) is 17.2. The van der Waals surface area contributed by atoms with Crippen molar-refractivity contribution in [2.75, 3.05) is 171 Å². The molecular weight excluding hydrogens is 500 g/mol. The van der Waals surface area contributed by atoms with Crippen LogP contribution in [0.3, 0.4) is 0 Å². The van der Waals surface area contributed by atoms with Crippen LogP contribution in [0.5, 0.6) is 0 Å². The van der Waals surface area contributed by atoms with Crippen LogP contribution in [0.25, 0.3) is 0 Å². The van der Waals surface area contributed by atoms with Gasteiger partial charge in [-0.25, -0.2) is 0 Å². The molecule has 0 unspecified atom stereocenters. The van der Waals surface area contributed by atoms with E-state index in [0.29, 0.717) is 132 Å². The third-order valence-corrected chi connectivity index (χ3v) is 5.92. The predicted molar refractivity (Wildman–Crippen MR) is 141 cm³/mol. The Balaban J connectivity index is 1.51. The van der Waals surface area contributed by atoms with E-state index < -0.39 is 0 Å². The molecule has 2 aliphatic rings. The lowest BCUT2D eigenvalue weighted by molar-refractivity contribution is 0.00206. The second-order valence-corrected chi connectivity index (χ2v) is 8.81. The molecule has 0 aromatic rings. The number of hydrogen-bond donors (Lipinski definition) is 0. The van der Waals surface area contributed by atoms with Crippen molar-refractivity contribution in [3.05, 3.63) is 0 Å². The SMILES string of the molecule is C1COCCOCCN(CCOCCOCCN2CCOCCOCCOCCOCC2)CCOCCO1. The fourth-order valence-corrected chi connectivity index (χ4v) is 3.68. The third kappa shape index (κ3) is 21.4. The summed E-state index contributed by atoms with van der Waals surface area (Å²) in [4.78, 5) is 4.60. The maximum Gasteiger partial charge on any atom is 0.0701 e. The Morgan fingerprint density at radius 2 is 0.553 bits per heavy atom. The van der Waals surface area contributed by atoms with E-state index in [1.165, 1.54) is 0 Å². The molecular formula is C26H52N2O10. The number of hydrogen-bond acceptors (Lipinski definition) is 12. The Morgan fingerprint density at radius 1 is 0.316 bits per heavy atom. The lowest BCUT2D eigenvalue weighted by atomic mass is 10.4. The molecule has 2 fully saturated rings. The maximum atomic E-state index is 5.81. The van der Waals surface area contributed by atoms with Gasteiger partial charge in [-0.1, -0.05) is 0 Å². The molecule has 38 heavy (non-hydrogen) atoms. The molecule has 0 atom stereocenters. The molecule has 2 saturated heterocycles. The van der Waals surface area contributed by atoms with E-state index >= 15 is 0 Å². The van der Waals surface area contributed by atoms with Gasteiger partial charge in [-0.05, 0) is 0 Å². The Kier molecular flexibility index (Phi) is 23.7. The minimum atomic E-state index is 0.571. The average Bonchev–Trinajstić information content (AvgIpc) is 2.94. The summed E-state index contributed by atoms with van der Waals surface area (Å²) in [5.74, 6) is 0. The van der Waals surface area contributed by atoms with Crippen LogP contribution in [-0.2, 0) is 47.4 Å². The quantitative estimate of drug-likeness (QED) is 0.354. The second kappa shape index (κ2) is 26.7. The van der Waals surface area contributed by atoms with Gasteiger partial charge in [-0.2, -0.15) is 0 Å². The molecule has 226 valence electrons. The second-order valence-electron chi connectivity index (χ2n) is 8.81. The smallest absolute Gasteiger partial charge is 0.0701 e. The van der Waals surface area contributed by atoms with Crippen LogP contribution in [0, 0.1) is 0 Å². The summed E-state index contributed by atoms with van der Waals surface area (Å²) in [5.41, 5.74) is 0. The van der Waals surface area contributed by atoms with Gasteiger partial charge in [0.15, 0.2) is 0 Å². The molecule has 12 nitrogen and oxygen atoms in total. The van der Waals surface area contributed by atoms with Crippen molar-refractivity contribution in [1.29, 1.82) is 0 Å². The van der Waals surface area contributed by atoms with Crippen molar-refractivity contribution in [2.45, 2.75) is 0 Å². The molecule has 0 aromatic carbocycles. The van der Waals surface area contributed by atoms with Gasteiger partial charge in [0.2, 0.25) is 0 Å². The summed E-state index contributed by atoms with van der Waals surface area (Å²) < 4.78 is 56.2. The van der Waals surface area contributed by atoms with E-state index in [1.807, 2.05) is 0 Å². The van der Waals surface area contributed by atoms with Crippen molar-refractivity contribution in [1.82, 2.24) is 9.80 Å². The van der Waals surface area contributed by atoms with E-state index in [9.17, 15) is 0 Å². The van der Waals surface area contributed by atoms with Gasteiger partial charge in [0.1, 0.15) is 0 Å². The van der Waals surface area contributed by atoms with Gasteiger partial charge >= 0.3 is 0 Å². The van der Waals surface area contributed by atoms with Crippen LogP contribution in [-0.4, -0.2) is 181 Å². The first-order valence-electron chi connectivity index (χ1n) is 14.2. The fourth-order valence-electron chi connectivity index (χ4n) is 3.68. The normalized spacial score (nSPS) is 23.1. The molecule has 0 aromatic heterocycles. The first-order chi connectivity index (χ1) is 18.9. The highest BCUT2D eigenvalue weighted by molar-refractivity contribution is 4.59. The lowest BCUT2D eigenvalue weighted by Crippen LogP contribution is -2.35. The zero-order chi connectivity index (χ0) is 26.6. The van der Waals surface area contributed by atoms with E-state index in [0.717, 1.165) is 39.3 Å². The first-order valence-corrected chi connectivity index (χ1v) is 14.2. The van der Waals surface area contributed by atoms with Crippen LogP contribution in [0.2, 0.25) is 0 Å². The minimum absolute atomic E-state index is 0.571. The van der Waals surface area contributed by atoms with Crippen LogP contribution in [0.4, 0.5) is 0 Å². The average molecular weight is 553 g/mol. The highest BCUT2D eigenvalue weighted by Crippen LogP contribution is 1.95. The van der Waals surface area contributed by atoms with Crippen molar-refractivity contribution in [3.8, 4) is 0 Å². The molecule has 0 amide bonds. The molecule has 0 spiro atoms. The van der Waals surface area contributed by atoms with Crippen LogP contribution in [0.15, 0.2) is 0 Å². The Hall–Kier alpha value is -0.480. The molecule has 0 aliphatic carbocycles. The summed E-state index contributed by atoms with van der Waals surface area (Å²) in [7, 11) is 0. The molecule has 2 aliphatic heterocycles. The Bertz CT molecular complexity index is 421. The number of ether oxygens (including phenoxy) is 10. The summed E-state index contributed by atoms with van der Waals surface area (Å²) in [6.07, 6.45) is 0. The van der Waals surface area contributed by atoms with Gasteiger partial charge in [-0.3, -0.25) is 9.80 Å². The molecule has 0 saturated carbocycles. The molecule has 0 N–H and O–H groups in total. The van der Waals surface area contributed by atoms with E-state index in [4.69, 9.17) is 47.4 Å². The molecule has 0 radical (unpaired) electrons. The highest BCUT2D eigenvalue weighted by atomic mass is 16.6. The summed E-state index contributed by atoms with van der Waals surface area (Å²) in [5, 5.41) is 0. The molecule has 2 rings (SSSR count). The van der Waals surface area contributed by atoms with E-state index in [-0.39, 0.29) is 0 Å².